The molecule has 5 nitrogen and oxygen atoms in total. The van der Waals surface area contributed by atoms with Crippen LogP contribution < -0.4 is 0 Å². The van der Waals surface area contributed by atoms with Gasteiger partial charge in [-0.05, 0) is 31.2 Å². The number of alkyl halides is 2. The van der Waals surface area contributed by atoms with E-state index in [0.717, 1.165) is 0 Å². The second-order valence-corrected chi connectivity index (χ2v) is 7.13. The van der Waals surface area contributed by atoms with Gasteiger partial charge in [-0.2, -0.15) is 0 Å². The predicted molar refractivity (Wildman–Crippen MR) is 99.5 cm³/mol. The van der Waals surface area contributed by atoms with E-state index in [2.05, 4.69) is 15.9 Å². The number of carbonyl (C=O) groups is 2. The van der Waals surface area contributed by atoms with Crippen LogP contribution in [0.15, 0.2) is 60.7 Å². The standard InChI is InChI=1S/C20H18BrFO5/c1-20(22)16(27-18(24)14-10-6-3-7-11-14)15(26-19(20)21)12-25-17(23)13-8-4-2-5-9-13/h2-11,15-16,19H,12H2,1H3/t15?,16-,19+,20-/m1/s1. The third-order valence-electron chi connectivity index (χ3n) is 4.26. The fourth-order valence-electron chi connectivity index (χ4n) is 2.74. The van der Waals surface area contributed by atoms with Gasteiger partial charge in [-0.25, -0.2) is 14.0 Å². The molecule has 27 heavy (non-hydrogen) atoms. The summed E-state index contributed by atoms with van der Waals surface area (Å²) in [6, 6.07) is 16.7. The summed E-state index contributed by atoms with van der Waals surface area (Å²) in [5.74, 6) is -1.24. The molecule has 1 fully saturated rings. The van der Waals surface area contributed by atoms with Crippen LogP contribution in [-0.2, 0) is 14.2 Å². The zero-order valence-corrected chi connectivity index (χ0v) is 16.1. The SMILES string of the molecule is C[C@@]1(F)[C@H](OC(=O)c2ccccc2)C(COC(=O)c2ccccc2)O[C@@H]1Br. The summed E-state index contributed by atoms with van der Waals surface area (Å²) in [6.07, 6.45) is -2.18. The second-order valence-electron chi connectivity index (χ2n) is 6.30. The minimum atomic E-state index is -1.99. The maximum absolute atomic E-state index is 15.1. The Kier molecular flexibility index (Phi) is 5.92. The van der Waals surface area contributed by atoms with Crippen LogP contribution in [0.1, 0.15) is 27.6 Å². The molecule has 0 spiro atoms. The molecule has 0 bridgehead atoms. The van der Waals surface area contributed by atoms with Crippen molar-refractivity contribution in [2.24, 2.45) is 0 Å². The first-order chi connectivity index (χ1) is 12.9. The van der Waals surface area contributed by atoms with Gasteiger partial charge < -0.3 is 14.2 Å². The van der Waals surface area contributed by atoms with Crippen LogP contribution in [0, 0.1) is 0 Å². The molecular weight excluding hydrogens is 419 g/mol. The summed E-state index contributed by atoms with van der Waals surface area (Å²) < 4.78 is 31.2. The van der Waals surface area contributed by atoms with Gasteiger partial charge in [0.2, 0.25) is 0 Å². The quantitative estimate of drug-likeness (QED) is 0.525. The van der Waals surface area contributed by atoms with Gasteiger partial charge in [0.1, 0.15) is 12.7 Å². The van der Waals surface area contributed by atoms with Crippen LogP contribution in [0.2, 0.25) is 0 Å². The van der Waals surface area contributed by atoms with Gasteiger partial charge in [0.05, 0.1) is 11.1 Å². The Labute approximate surface area is 164 Å². The highest BCUT2D eigenvalue weighted by atomic mass is 79.9. The molecule has 0 aromatic heterocycles. The molecule has 3 rings (SSSR count). The summed E-state index contributed by atoms with van der Waals surface area (Å²) in [5, 5.41) is -1.00. The van der Waals surface area contributed by atoms with Gasteiger partial charge in [-0.15, -0.1) is 0 Å². The average Bonchev–Trinajstić information content (AvgIpc) is 2.90. The van der Waals surface area contributed by atoms with Crippen LogP contribution in [0.3, 0.4) is 0 Å². The van der Waals surface area contributed by atoms with E-state index in [0.29, 0.717) is 11.1 Å². The number of ether oxygens (including phenoxy) is 3. The monoisotopic (exact) mass is 436 g/mol. The van der Waals surface area contributed by atoms with Crippen molar-refractivity contribution in [3.63, 3.8) is 0 Å². The van der Waals surface area contributed by atoms with Crippen LogP contribution in [0.25, 0.3) is 0 Å². The summed E-state index contributed by atoms with van der Waals surface area (Å²) in [6.45, 7) is 1.02. The maximum atomic E-state index is 15.1. The van der Waals surface area contributed by atoms with Crippen molar-refractivity contribution in [2.75, 3.05) is 6.61 Å². The van der Waals surface area contributed by atoms with E-state index in [1.807, 2.05) is 0 Å². The van der Waals surface area contributed by atoms with Gasteiger partial charge in [-0.1, -0.05) is 52.3 Å². The molecule has 7 heteroatoms. The van der Waals surface area contributed by atoms with Crippen molar-refractivity contribution in [1.82, 2.24) is 0 Å². The first-order valence-electron chi connectivity index (χ1n) is 8.36. The van der Waals surface area contributed by atoms with Crippen molar-refractivity contribution in [1.29, 1.82) is 0 Å². The molecule has 2 aromatic carbocycles. The minimum Gasteiger partial charge on any atom is -0.459 e. The van der Waals surface area contributed by atoms with Crippen molar-refractivity contribution in [3.8, 4) is 0 Å². The average molecular weight is 437 g/mol. The van der Waals surface area contributed by atoms with Crippen LogP contribution >= 0.6 is 15.9 Å². The van der Waals surface area contributed by atoms with Crippen molar-refractivity contribution in [2.45, 2.75) is 29.8 Å². The van der Waals surface area contributed by atoms with Crippen LogP contribution in [0.5, 0.6) is 0 Å². The van der Waals surface area contributed by atoms with Crippen molar-refractivity contribution in [3.05, 3.63) is 71.8 Å². The van der Waals surface area contributed by atoms with Gasteiger partial charge >= 0.3 is 11.9 Å². The molecule has 1 heterocycles. The fourth-order valence-corrected chi connectivity index (χ4v) is 3.28. The lowest BCUT2D eigenvalue weighted by Crippen LogP contribution is -2.44. The topological polar surface area (TPSA) is 61.8 Å². The van der Waals surface area contributed by atoms with E-state index >= 15 is 4.39 Å². The highest BCUT2D eigenvalue weighted by Gasteiger charge is 2.56. The number of hydrogen-bond acceptors (Lipinski definition) is 5. The van der Waals surface area contributed by atoms with Crippen LogP contribution in [0.4, 0.5) is 4.39 Å². The molecule has 1 unspecified atom stereocenters. The molecule has 4 atom stereocenters. The molecule has 142 valence electrons. The lowest BCUT2D eigenvalue weighted by atomic mass is 10.0. The summed E-state index contributed by atoms with van der Waals surface area (Å²) in [5.41, 5.74) is -1.33. The number of rotatable bonds is 5. The van der Waals surface area contributed by atoms with E-state index in [1.165, 1.54) is 6.92 Å². The molecular formula is C20H18BrFO5. The molecule has 0 aliphatic carbocycles. The Bertz CT molecular complexity index is 797. The third-order valence-corrected chi connectivity index (χ3v) is 5.37. The predicted octanol–water partition coefficient (Wildman–Crippen LogP) is 3.92. The Hall–Kier alpha value is -2.25. The summed E-state index contributed by atoms with van der Waals surface area (Å²) >= 11 is 3.11. The Morgan fingerprint density at radius 1 is 1.04 bits per heavy atom. The zero-order chi connectivity index (χ0) is 19.4. The highest BCUT2D eigenvalue weighted by molar-refractivity contribution is 9.09. The maximum Gasteiger partial charge on any atom is 0.338 e. The number of carbonyl (C=O) groups excluding carboxylic acids is 2. The van der Waals surface area contributed by atoms with Gasteiger partial charge in [0.15, 0.2) is 16.8 Å². The molecule has 0 radical (unpaired) electrons. The normalized spacial score (nSPS) is 27.1. The lowest BCUT2D eigenvalue weighted by molar-refractivity contribution is -0.0422. The number of hydrogen-bond donors (Lipinski definition) is 0. The Morgan fingerprint density at radius 3 is 2.11 bits per heavy atom. The number of halogens is 2. The van der Waals surface area contributed by atoms with Crippen LogP contribution in [-0.4, -0.2) is 41.4 Å². The fraction of sp³-hybridized carbons (Fsp3) is 0.300. The van der Waals surface area contributed by atoms with E-state index in [-0.39, 0.29) is 6.61 Å². The van der Waals surface area contributed by atoms with E-state index in [1.54, 1.807) is 60.7 Å². The molecule has 1 saturated heterocycles. The minimum absolute atomic E-state index is 0.248. The summed E-state index contributed by atoms with van der Waals surface area (Å²) in [7, 11) is 0. The van der Waals surface area contributed by atoms with Gasteiger partial charge in [-0.3, -0.25) is 0 Å². The molecule has 1 aliphatic rings. The second kappa shape index (κ2) is 8.19. The van der Waals surface area contributed by atoms with E-state index in [9.17, 15) is 9.59 Å². The third kappa shape index (κ3) is 4.36. The van der Waals surface area contributed by atoms with Crippen molar-refractivity contribution < 1.29 is 28.2 Å². The van der Waals surface area contributed by atoms with Gasteiger partial charge in [0, 0.05) is 0 Å². The first kappa shape index (κ1) is 19.5. The smallest absolute Gasteiger partial charge is 0.338 e. The van der Waals surface area contributed by atoms with E-state index in [4.69, 9.17) is 14.2 Å². The molecule has 0 amide bonds. The largest absolute Gasteiger partial charge is 0.459 e. The Morgan fingerprint density at radius 2 is 1.56 bits per heavy atom. The van der Waals surface area contributed by atoms with Crippen molar-refractivity contribution >= 4 is 27.9 Å². The number of esters is 2. The lowest BCUT2D eigenvalue weighted by Gasteiger charge is -2.25. The molecule has 2 aromatic rings. The van der Waals surface area contributed by atoms with E-state index < -0.39 is 34.8 Å². The molecule has 1 aliphatic heterocycles. The number of benzene rings is 2. The molecule has 0 saturated carbocycles. The highest BCUT2D eigenvalue weighted by Crippen LogP contribution is 2.40. The van der Waals surface area contributed by atoms with Gasteiger partial charge in [0.25, 0.3) is 0 Å². The zero-order valence-electron chi connectivity index (χ0n) is 14.5. The molecule has 0 N–H and O–H groups in total. The summed E-state index contributed by atoms with van der Waals surface area (Å²) in [4.78, 5) is 24.4. The first-order valence-corrected chi connectivity index (χ1v) is 9.28. The Balaban J connectivity index is 1.69.